The molecule has 0 aliphatic heterocycles. The molecule has 1 amide bonds. The molecule has 4 rings (SSSR count). The fourth-order valence-electron chi connectivity index (χ4n) is 3.41. The average molecular weight is 509 g/mol. The molecule has 2 aromatic heterocycles. The number of benzene rings is 1. The summed E-state index contributed by atoms with van der Waals surface area (Å²) in [5.74, 6) is -4.26. The number of aromatic nitrogens is 4. The van der Waals surface area contributed by atoms with Crippen molar-refractivity contribution in [2.45, 2.75) is 30.5 Å². The second-order valence-corrected chi connectivity index (χ2v) is 8.31. The Labute approximate surface area is 200 Å². The summed E-state index contributed by atoms with van der Waals surface area (Å²) < 4.78 is 68.5. The Balaban J connectivity index is 1.72. The number of hydrogen-bond acceptors (Lipinski definition) is 4. The van der Waals surface area contributed by atoms with Crippen molar-refractivity contribution in [1.82, 2.24) is 24.9 Å². The predicted octanol–water partition coefficient (Wildman–Crippen LogP) is 4.35. The van der Waals surface area contributed by atoms with Crippen LogP contribution in [0.15, 0.2) is 30.6 Å². The van der Waals surface area contributed by atoms with E-state index in [2.05, 4.69) is 15.5 Å². The first-order valence-electron chi connectivity index (χ1n) is 9.91. The first-order chi connectivity index (χ1) is 16.3. The summed E-state index contributed by atoms with van der Waals surface area (Å²) >= 11 is 6.15. The molecule has 1 aliphatic carbocycles. The van der Waals surface area contributed by atoms with Crippen molar-refractivity contribution in [2.75, 3.05) is 0 Å². The van der Waals surface area contributed by atoms with Gasteiger partial charge in [0.25, 0.3) is 5.91 Å². The van der Waals surface area contributed by atoms with Gasteiger partial charge in [0, 0.05) is 18.8 Å². The Morgan fingerprint density at radius 1 is 1.26 bits per heavy atom. The molecule has 0 unspecified atom stereocenters. The molecule has 1 N–H and O–H groups in total. The number of aryl methyl sites for hydroxylation is 1. The van der Waals surface area contributed by atoms with E-state index in [1.807, 2.05) is 12.0 Å². The SMILES string of the molecule is C#Cc1c(C(F)(F)C(F)(F)F)nn(C)c1-n1cc(-c2ccc(Cl)c(C(=O)NC3(C#N)CC3)c2)cn1. The monoisotopic (exact) mass is 508 g/mol. The minimum atomic E-state index is -5.90. The predicted molar refractivity (Wildman–Crippen MR) is 114 cm³/mol. The summed E-state index contributed by atoms with van der Waals surface area (Å²) in [7, 11) is 1.15. The van der Waals surface area contributed by atoms with Crippen LogP contribution in [0.25, 0.3) is 16.9 Å². The van der Waals surface area contributed by atoms with Gasteiger partial charge in [-0.2, -0.15) is 37.4 Å². The van der Waals surface area contributed by atoms with Gasteiger partial charge in [0.1, 0.15) is 5.54 Å². The summed E-state index contributed by atoms with van der Waals surface area (Å²) in [6.07, 6.45) is 3.05. The number of carbonyl (C=O) groups is 1. The van der Waals surface area contributed by atoms with E-state index in [4.69, 9.17) is 18.0 Å². The van der Waals surface area contributed by atoms with Crippen LogP contribution in [-0.2, 0) is 13.0 Å². The van der Waals surface area contributed by atoms with Gasteiger partial charge in [-0.1, -0.05) is 23.6 Å². The van der Waals surface area contributed by atoms with E-state index >= 15 is 0 Å². The van der Waals surface area contributed by atoms with Crippen LogP contribution in [0.5, 0.6) is 0 Å². The second-order valence-electron chi connectivity index (χ2n) is 7.90. The lowest BCUT2D eigenvalue weighted by Gasteiger charge is -2.17. The Bertz CT molecular complexity index is 1420. The van der Waals surface area contributed by atoms with E-state index in [1.54, 1.807) is 6.07 Å². The first kappa shape index (κ1) is 24.2. The van der Waals surface area contributed by atoms with Gasteiger partial charge in [0.15, 0.2) is 11.5 Å². The highest BCUT2D eigenvalue weighted by Gasteiger charge is 2.62. The maximum absolute atomic E-state index is 14.0. The molecule has 3 aromatic rings. The molecule has 0 atom stereocenters. The highest BCUT2D eigenvalue weighted by atomic mass is 35.5. The number of nitrogens with zero attached hydrogens (tertiary/aromatic N) is 5. The topological polar surface area (TPSA) is 88.5 Å². The normalized spacial score (nSPS) is 14.8. The van der Waals surface area contributed by atoms with Crippen LogP contribution in [-0.4, -0.2) is 37.2 Å². The third-order valence-electron chi connectivity index (χ3n) is 5.48. The molecular weight excluding hydrogens is 495 g/mol. The fraction of sp³-hybridized carbons (Fsp3) is 0.273. The van der Waals surface area contributed by atoms with Crippen molar-refractivity contribution in [3.63, 3.8) is 0 Å². The van der Waals surface area contributed by atoms with E-state index in [-0.39, 0.29) is 16.4 Å². The third-order valence-corrected chi connectivity index (χ3v) is 5.81. The van der Waals surface area contributed by atoms with Gasteiger partial charge in [0.2, 0.25) is 0 Å². The summed E-state index contributed by atoms with van der Waals surface area (Å²) in [4.78, 5) is 12.6. The molecule has 0 radical (unpaired) electrons. The van der Waals surface area contributed by atoms with Crippen molar-refractivity contribution in [2.24, 2.45) is 7.05 Å². The number of nitriles is 1. The third kappa shape index (κ3) is 4.10. The zero-order valence-electron chi connectivity index (χ0n) is 17.8. The molecule has 180 valence electrons. The van der Waals surface area contributed by atoms with Crippen molar-refractivity contribution < 1.29 is 26.7 Å². The number of alkyl halides is 5. The quantitative estimate of drug-likeness (QED) is 0.410. The van der Waals surface area contributed by atoms with Crippen LogP contribution in [0.3, 0.4) is 0 Å². The van der Waals surface area contributed by atoms with E-state index in [0.717, 1.165) is 16.4 Å². The molecule has 7 nitrogen and oxygen atoms in total. The second kappa shape index (κ2) is 8.10. The lowest BCUT2D eigenvalue weighted by atomic mass is 10.1. The number of rotatable bonds is 5. The Morgan fingerprint density at radius 3 is 2.51 bits per heavy atom. The van der Waals surface area contributed by atoms with Crippen molar-refractivity contribution in [3.05, 3.63) is 52.4 Å². The van der Waals surface area contributed by atoms with Crippen LogP contribution in [0.4, 0.5) is 22.0 Å². The summed E-state index contributed by atoms with van der Waals surface area (Å²) in [5, 5.41) is 19.3. The smallest absolute Gasteiger partial charge is 0.334 e. The summed E-state index contributed by atoms with van der Waals surface area (Å²) in [5.41, 5.74) is -2.38. The molecule has 1 fully saturated rings. The molecule has 1 aliphatic rings. The van der Waals surface area contributed by atoms with Gasteiger partial charge in [-0.3, -0.25) is 4.79 Å². The van der Waals surface area contributed by atoms with Crippen molar-refractivity contribution in [1.29, 1.82) is 5.26 Å². The number of amides is 1. The Morgan fingerprint density at radius 2 is 1.94 bits per heavy atom. The summed E-state index contributed by atoms with van der Waals surface area (Å²) in [6.45, 7) is 0. The van der Waals surface area contributed by atoms with Crippen LogP contribution < -0.4 is 5.32 Å². The largest absolute Gasteiger partial charge is 0.459 e. The van der Waals surface area contributed by atoms with Crippen LogP contribution >= 0.6 is 11.6 Å². The number of terminal acetylenes is 1. The van der Waals surface area contributed by atoms with Crippen LogP contribution in [0.1, 0.15) is 34.5 Å². The Kier molecular flexibility index (Phi) is 5.61. The highest BCUT2D eigenvalue weighted by Crippen LogP contribution is 2.45. The number of halogens is 6. The van der Waals surface area contributed by atoms with E-state index in [1.165, 1.54) is 24.5 Å². The minimum absolute atomic E-state index is 0.0930. The number of hydrogen-bond donors (Lipinski definition) is 1. The van der Waals surface area contributed by atoms with Crippen LogP contribution in [0, 0.1) is 23.7 Å². The Hall–Kier alpha value is -3.90. The average Bonchev–Trinajstić information content (AvgIpc) is 3.23. The molecule has 1 saturated carbocycles. The minimum Gasteiger partial charge on any atom is -0.334 e. The highest BCUT2D eigenvalue weighted by molar-refractivity contribution is 6.34. The zero-order valence-corrected chi connectivity index (χ0v) is 18.5. The van der Waals surface area contributed by atoms with E-state index < -0.39 is 34.8 Å². The van der Waals surface area contributed by atoms with Crippen molar-refractivity contribution in [3.8, 4) is 35.4 Å². The van der Waals surface area contributed by atoms with E-state index in [0.29, 0.717) is 24.0 Å². The van der Waals surface area contributed by atoms with Gasteiger partial charge in [-0.25, -0.2) is 9.36 Å². The van der Waals surface area contributed by atoms with Crippen LogP contribution in [0.2, 0.25) is 5.02 Å². The van der Waals surface area contributed by atoms with Gasteiger partial charge in [-0.15, -0.1) is 6.42 Å². The lowest BCUT2D eigenvalue weighted by molar-refractivity contribution is -0.291. The molecule has 0 spiro atoms. The van der Waals surface area contributed by atoms with Gasteiger partial charge in [-0.05, 0) is 30.5 Å². The molecular formula is C22H14ClF5N6O. The number of nitrogens with one attached hydrogen (secondary N) is 1. The summed E-state index contributed by atoms with van der Waals surface area (Å²) in [6, 6.07) is 6.50. The molecule has 35 heavy (non-hydrogen) atoms. The lowest BCUT2D eigenvalue weighted by Crippen LogP contribution is -2.35. The van der Waals surface area contributed by atoms with Gasteiger partial charge in [0.05, 0.1) is 28.4 Å². The van der Waals surface area contributed by atoms with Gasteiger partial charge < -0.3 is 5.32 Å². The molecule has 1 aromatic carbocycles. The van der Waals surface area contributed by atoms with E-state index in [9.17, 15) is 32.0 Å². The number of carbonyl (C=O) groups excluding carboxylic acids is 1. The maximum Gasteiger partial charge on any atom is 0.459 e. The molecule has 2 heterocycles. The first-order valence-corrected chi connectivity index (χ1v) is 10.3. The maximum atomic E-state index is 14.0. The standard InChI is InChI=1S/C22H14ClF5N6O/c1-3-14-17(21(24,25)22(26,27)28)32-33(2)19(14)34-10-13(9-30-34)12-4-5-16(23)15(8-12)18(35)31-20(11-29)6-7-20/h1,4-5,8-10H,6-7H2,2H3,(H,31,35). The molecule has 0 bridgehead atoms. The van der Waals surface area contributed by atoms with Crippen molar-refractivity contribution >= 4 is 17.5 Å². The zero-order chi connectivity index (χ0) is 25.8. The van der Waals surface area contributed by atoms with Gasteiger partial charge >= 0.3 is 12.1 Å². The molecule has 13 heteroatoms. The fourth-order valence-corrected chi connectivity index (χ4v) is 3.61. The molecule has 0 saturated heterocycles.